The van der Waals surface area contributed by atoms with Crippen LogP contribution in [0.1, 0.15) is 0 Å². The minimum atomic E-state index is 0. The number of hydrogen-bond donors (Lipinski definition) is 1. The lowest BCUT2D eigenvalue weighted by atomic mass is 10.0. The molecule has 1 aliphatic heterocycles. The van der Waals surface area contributed by atoms with E-state index in [1.54, 1.807) is 0 Å². The largest absolute Gasteiger partial charge is 0.330 e. The van der Waals surface area contributed by atoms with Crippen molar-refractivity contribution in [1.29, 1.82) is 0 Å². The zero-order valence-electron chi connectivity index (χ0n) is 8.80. The van der Waals surface area contributed by atoms with E-state index < -0.39 is 0 Å². The second-order valence-electron chi connectivity index (χ2n) is 3.91. The van der Waals surface area contributed by atoms with E-state index in [0.717, 1.165) is 31.1 Å². The lowest BCUT2D eigenvalue weighted by molar-refractivity contribution is 0.309. The Bertz CT molecular complexity index is 451. The van der Waals surface area contributed by atoms with Gasteiger partial charge in [-0.05, 0) is 12.1 Å². The van der Waals surface area contributed by atoms with E-state index in [1.165, 1.54) is 5.52 Å². The summed E-state index contributed by atoms with van der Waals surface area (Å²) in [6, 6.07) is 8.30. The van der Waals surface area contributed by atoms with E-state index in [0.29, 0.717) is 0 Å². The standard InChI is InChI=1S/C11H13N3.2ClH/c1-2-4-11-10(3-1)13-8-14(11)7-9-5-12-6-9;;/h1-4,8-9,12H,5-7H2;2*1H. The summed E-state index contributed by atoms with van der Waals surface area (Å²) in [5, 5.41) is 3.29. The Labute approximate surface area is 107 Å². The average molecular weight is 260 g/mol. The summed E-state index contributed by atoms with van der Waals surface area (Å²) < 4.78 is 2.25. The molecule has 5 heteroatoms. The molecule has 3 rings (SSSR count). The molecule has 2 heterocycles. The molecule has 0 radical (unpaired) electrons. The quantitative estimate of drug-likeness (QED) is 0.896. The summed E-state index contributed by atoms with van der Waals surface area (Å²) in [4.78, 5) is 4.37. The van der Waals surface area contributed by atoms with Crippen molar-refractivity contribution in [2.24, 2.45) is 5.92 Å². The van der Waals surface area contributed by atoms with Crippen LogP contribution in [-0.4, -0.2) is 22.6 Å². The van der Waals surface area contributed by atoms with Crippen molar-refractivity contribution in [2.45, 2.75) is 6.54 Å². The third-order valence-corrected chi connectivity index (χ3v) is 2.85. The molecule has 0 bridgehead atoms. The highest BCUT2D eigenvalue weighted by molar-refractivity contribution is 5.85. The molecule has 88 valence electrons. The molecule has 1 aliphatic rings. The Morgan fingerprint density at radius 3 is 2.69 bits per heavy atom. The minimum absolute atomic E-state index is 0. The number of rotatable bonds is 2. The Morgan fingerprint density at radius 2 is 2.00 bits per heavy atom. The van der Waals surface area contributed by atoms with Gasteiger partial charge < -0.3 is 9.88 Å². The van der Waals surface area contributed by atoms with Crippen molar-refractivity contribution in [3.05, 3.63) is 30.6 Å². The fourth-order valence-corrected chi connectivity index (χ4v) is 1.91. The first-order chi connectivity index (χ1) is 6.93. The van der Waals surface area contributed by atoms with Gasteiger partial charge in [-0.1, -0.05) is 12.1 Å². The number of fused-ring (bicyclic) bond motifs is 1. The summed E-state index contributed by atoms with van der Waals surface area (Å²) in [5.74, 6) is 0.785. The molecule has 0 unspecified atom stereocenters. The smallest absolute Gasteiger partial charge is 0.0958 e. The number of aromatic nitrogens is 2. The first-order valence-electron chi connectivity index (χ1n) is 5.04. The highest BCUT2D eigenvalue weighted by atomic mass is 35.5. The molecule has 0 atom stereocenters. The fourth-order valence-electron chi connectivity index (χ4n) is 1.91. The first-order valence-corrected chi connectivity index (χ1v) is 5.04. The molecule has 3 nitrogen and oxygen atoms in total. The Balaban J connectivity index is 0.000000640. The maximum Gasteiger partial charge on any atom is 0.0958 e. The number of nitrogens with zero attached hydrogens (tertiary/aromatic N) is 2. The monoisotopic (exact) mass is 259 g/mol. The molecule has 0 saturated carbocycles. The van der Waals surface area contributed by atoms with Gasteiger partial charge in [-0.2, -0.15) is 0 Å². The second-order valence-corrected chi connectivity index (χ2v) is 3.91. The van der Waals surface area contributed by atoms with Crippen molar-refractivity contribution in [3.63, 3.8) is 0 Å². The third-order valence-electron chi connectivity index (χ3n) is 2.85. The zero-order chi connectivity index (χ0) is 9.38. The summed E-state index contributed by atoms with van der Waals surface area (Å²) in [6.07, 6.45) is 1.95. The van der Waals surface area contributed by atoms with Crippen molar-refractivity contribution < 1.29 is 0 Å². The van der Waals surface area contributed by atoms with E-state index in [1.807, 2.05) is 12.4 Å². The third kappa shape index (κ3) is 2.32. The van der Waals surface area contributed by atoms with Crippen LogP contribution in [0.25, 0.3) is 11.0 Å². The normalized spacial score (nSPS) is 15.0. The van der Waals surface area contributed by atoms with Gasteiger partial charge in [0, 0.05) is 25.6 Å². The molecular weight excluding hydrogens is 245 g/mol. The molecule has 0 aliphatic carbocycles. The van der Waals surface area contributed by atoms with Crippen LogP contribution in [0.4, 0.5) is 0 Å². The fraction of sp³-hybridized carbons (Fsp3) is 0.364. The number of benzene rings is 1. The van der Waals surface area contributed by atoms with Crippen LogP contribution < -0.4 is 5.32 Å². The van der Waals surface area contributed by atoms with Crippen LogP contribution in [0.3, 0.4) is 0 Å². The Kier molecular flexibility index (Phi) is 4.59. The van der Waals surface area contributed by atoms with Gasteiger partial charge in [0.15, 0.2) is 0 Å². The molecule has 0 spiro atoms. The molecule has 1 fully saturated rings. The molecule has 1 aromatic heterocycles. The van der Waals surface area contributed by atoms with Gasteiger partial charge >= 0.3 is 0 Å². The Morgan fingerprint density at radius 1 is 1.25 bits per heavy atom. The van der Waals surface area contributed by atoms with Gasteiger partial charge in [0.25, 0.3) is 0 Å². The van der Waals surface area contributed by atoms with Crippen LogP contribution in [0, 0.1) is 5.92 Å². The van der Waals surface area contributed by atoms with Crippen molar-refractivity contribution in [2.75, 3.05) is 13.1 Å². The van der Waals surface area contributed by atoms with Gasteiger partial charge in [-0.3, -0.25) is 0 Å². The molecule has 1 saturated heterocycles. The highest BCUT2D eigenvalue weighted by Gasteiger charge is 2.17. The molecule has 1 N–H and O–H groups in total. The van der Waals surface area contributed by atoms with Gasteiger partial charge in [0.2, 0.25) is 0 Å². The van der Waals surface area contributed by atoms with Crippen LogP contribution in [0.5, 0.6) is 0 Å². The molecule has 0 amide bonds. The maximum absolute atomic E-state index is 4.37. The second kappa shape index (κ2) is 5.53. The van der Waals surface area contributed by atoms with Crippen LogP contribution in [-0.2, 0) is 6.54 Å². The van der Waals surface area contributed by atoms with Crippen LogP contribution >= 0.6 is 24.8 Å². The van der Waals surface area contributed by atoms with Gasteiger partial charge in [0.05, 0.1) is 17.4 Å². The first kappa shape index (κ1) is 13.3. The van der Waals surface area contributed by atoms with Crippen molar-refractivity contribution >= 4 is 35.8 Å². The van der Waals surface area contributed by atoms with E-state index in [9.17, 15) is 0 Å². The predicted octanol–water partition coefficient (Wildman–Crippen LogP) is 2.10. The maximum atomic E-state index is 4.37. The lowest BCUT2D eigenvalue weighted by Gasteiger charge is -2.27. The summed E-state index contributed by atoms with van der Waals surface area (Å²) in [7, 11) is 0. The van der Waals surface area contributed by atoms with E-state index in [4.69, 9.17) is 0 Å². The number of halogens is 2. The van der Waals surface area contributed by atoms with Gasteiger partial charge in [-0.25, -0.2) is 4.98 Å². The topological polar surface area (TPSA) is 29.9 Å². The summed E-state index contributed by atoms with van der Waals surface area (Å²) >= 11 is 0. The number of imidazole rings is 1. The number of hydrogen-bond acceptors (Lipinski definition) is 2. The van der Waals surface area contributed by atoms with E-state index in [-0.39, 0.29) is 24.8 Å². The summed E-state index contributed by atoms with van der Waals surface area (Å²) in [5.41, 5.74) is 2.35. The van der Waals surface area contributed by atoms with Crippen LogP contribution in [0.15, 0.2) is 30.6 Å². The van der Waals surface area contributed by atoms with E-state index >= 15 is 0 Å². The van der Waals surface area contributed by atoms with Gasteiger partial charge in [-0.15, -0.1) is 24.8 Å². The van der Waals surface area contributed by atoms with Crippen molar-refractivity contribution in [3.8, 4) is 0 Å². The molecule has 2 aromatic rings. The van der Waals surface area contributed by atoms with E-state index in [2.05, 4.69) is 33.1 Å². The SMILES string of the molecule is Cl.Cl.c1ccc2c(c1)ncn2CC1CNC1. The average Bonchev–Trinajstić information content (AvgIpc) is 2.55. The number of para-hydroxylation sites is 2. The van der Waals surface area contributed by atoms with Gasteiger partial charge in [0.1, 0.15) is 0 Å². The molecular formula is C11H15Cl2N3. The summed E-state index contributed by atoms with van der Waals surface area (Å²) in [6.45, 7) is 3.38. The minimum Gasteiger partial charge on any atom is -0.330 e. The van der Waals surface area contributed by atoms with Crippen LogP contribution in [0.2, 0.25) is 0 Å². The molecule has 1 aromatic carbocycles. The predicted molar refractivity (Wildman–Crippen MR) is 70.6 cm³/mol. The molecule has 16 heavy (non-hydrogen) atoms. The zero-order valence-corrected chi connectivity index (χ0v) is 10.4. The number of nitrogens with one attached hydrogen (secondary N) is 1. The van der Waals surface area contributed by atoms with Crippen molar-refractivity contribution in [1.82, 2.24) is 14.9 Å². The lowest BCUT2D eigenvalue weighted by Crippen LogP contribution is -2.44. The highest BCUT2D eigenvalue weighted by Crippen LogP contribution is 2.15. The Hall–Kier alpha value is -0.770.